The zero-order valence-corrected chi connectivity index (χ0v) is 13.2. The van der Waals surface area contributed by atoms with Crippen molar-refractivity contribution in [1.29, 1.82) is 0 Å². The fraction of sp³-hybridized carbons (Fsp3) is 0.385. The van der Waals surface area contributed by atoms with Crippen LogP contribution in [0.25, 0.3) is 0 Å². The lowest BCUT2D eigenvalue weighted by atomic mass is 10.4. The van der Waals surface area contributed by atoms with Crippen molar-refractivity contribution in [3.8, 4) is 0 Å². The number of sulfonamides is 1. The van der Waals surface area contributed by atoms with E-state index < -0.39 is 45.8 Å². The van der Waals surface area contributed by atoms with Crippen molar-refractivity contribution in [3.05, 3.63) is 30.1 Å². The number of methoxy groups -OCH3 is 1. The first-order chi connectivity index (χ1) is 10.9. The molecule has 0 bridgehead atoms. The average Bonchev–Trinajstić information content (AvgIpc) is 2.51. The second kappa shape index (κ2) is 9.18. The van der Waals surface area contributed by atoms with Gasteiger partial charge in [0, 0.05) is 13.7 Å². The minimum Gasteiger partial charge on any atom is -0.455 e. The second-order valence-corrected chi connectivity index (χ2v) is 5.99. The summed E-state index contributed by atoms with van der Waals surface area (Å²) in [4.78, 5) is 22.1. The van der Waals surface area contributed by atoms with E-state index in [2.05, 4.69) is 10.1 Å². The Labute approximate surface area is 133 Å². The molecule has 0 heterocycles. The quantitative estimate of drug-likeness (QED) is 0.456. The molecule has 10 heteroatoms. The van der Waals surface area contributed by atoms with E-state index in [4.69, 9.17) is 4.74 Å². The summed E-state index contributed by atoms with van der Waals surface area (Å²) in [6.07, 6.45) is 0. The second-order valence-electron chi connectivity index (χ2n) is 4.26. The number of hydrogen-bond donors (Lipinski definition) is 2. The Balaban J connectivity index is 2.41. The molecule has 0 radical (unpaired) electrons. The molecule has 8 nitrogen and oxygen atoms in total. The standard InChI is InChI=1S/C13H17FN2O6S/c1-21-7-6-15-12(17)9-22-13(18)8-16-23(19,20)11-5-3-2-4-10(11)14/h2-5,16H,6-9H2,1H3,(H,15,17). The molecule has 128 valence electrons. The summed E-state index contributed by atoms with van der Waals surface area (Å²) in [5, 5.41) is 2.42. The van der Waals surface area contributed by atoms with Crippen molar-refractivity contribution >= 4 is 21.9 Å². The normalized spacial score (nSPS) is 11.0. The molecule has 0 saturated heterocycles. The molecule has 0 atom stereocenters. The maximum absolute atomic E-state index is 13.4. The number of rotatable bonds is 9. The van der Waals surface area contributed by atoms with Crippen molar-refractivity contribution in [2.75, 3.05) is 33.4 Å². The molecule has 0 aromatic heterocycles. The van der Waals surface area contributed by atoms with Crippen LogP contribution >= 0.6 is 0 Å². The zero-order valence-electron chi connectivity index (χ0n) is 12.4. The van der Waals surface area contributed by atoms with E-state index in [0.717, 1.165) is 12.1 Å². The Morgan fingerprint density at radius 3 is 2.61 bits per heavy atom. The highest BCUT2D eigenvalue weighted by Crippen LogP contribution is 2.12. The van der Waals surface area contributed by atoms with Gasteiger partial charge < -0.3 is 14.8 Å². The van der Waals surface area contributed by atoms with Gasteiger partial charge in [-0.3, -0.25) is 9.59 Å². The van der Waals surface area contributed by atoms with Crippen LogP contribution in [-0.2, 0) is 29.1 Å². The van der Waals surface area contributed by atoms with Crippen LogP contribution in [0.2, 0.25) is 0 Å². The van der Waals surface area contributed by atoms with E-state index in [1.165, 1.54) is 19.2 Å². The van der Waals surface area contributed by atoms with Gasteiger partial charge >= 0.3 is 5.97 Å². The average molecular weight is 348 g/mol. The van der Waals surface area contributed by atoms with Gasteiger partial charge in [0.1, 0.15) is 17.3 Å². The Bertz CT molecular complexity index is 650. The first-order valence-electron chi connectivity index (χ1n) is 6.52. The van der Waals surface area contributed by atoms with E-state index in [0.29, 0.717) is 6.61 Å². The minimum atomic E-state index is -4.19. The number of esters is 1. The maximum atomic E-state index is 13.4. The van der Waals surface area contributed by atoms with Gasteiger partial charge in [-0.05, 0) is 12.1 Å². The van der Waals surface area contributed by atoms with E-state index in [-0.39, 0.29) is 6.54 Å². The van der Waals surface area contributed by atoms with Crippen LogP contribution in [-0.4, -0.2) is 53.7 Å². The van der Waals surface area contributed by atoms with Gasteiger partial charge in [-0.1, -0.05) is 12.1 Å². The van der Waals surface area contributed by atoms with Gasteiger partial charge in [-0.2, -0.15) is 4.72 Å². The number of amides is 1. The first-order valence-corrected chi connectivity index (χ1v) is 8.00. The highest BCUT2D eigenvalue weighted by Gasteiger charge is 2.20. The molecule has 0 aliphatic heterocycles. The molecule has 0 aliphatic rings. The van der Waals surface area contributed by atoms with Gasteiger partial charge in [0.05, 0.1) is 6.61 Å². The van der Waals surface area contributed by atoms with Crippen LogP contribution in [0.4, 0.5) is 4.39 Å². The Hall–Kier alpha value is -2.04. The maximum Gasteiger partial charge on any atom is 0.321 e. The fourth-order valence-electron chi connectivity index (χ4n) is 1.43. The van der Waals surface area contributed by atoms with E-state index in [1.807, 2.05) is 4.72 Å². The molecule has 23 heavy (non-hydrogen) atoms. The number of carbonyl (C=O) groups is 2. The van der Waals surface area contributed by atoms with Crippen molar-refractivity contribution in [3.63, 3.8) is 0 Å². The van der Waals surface area contributed by atoms with Gasteiger partial charge in [0.25, 0.3) is 5.91 Å². The van der Waals surface area contributed by atoms with Crippen LogP contribution in [0.5, 0.6) is 0 Å². The lowest BCUT2D eigenvalue weighted by Gasteiger charge is -2.08. The zero-order chi connectivity index (χ0) is 17.3. The third kappa shape index (κ3) is 6.72. The summed E-state index contributed by atoms with van der Waals surface area (Å²) in [6, 6.07) is 4.73. The van der Waals surface area contributed by atoms with Gasteiger partial charge in [0.2, 0.25) is 10.0 Å². The fourth-order valence-corrected chi connectivity index (χ4v) is 2.48. The van der Waals surface area contributed by atoms with Gasteiger partial charge in [-0.15, -0.1) is 0 Å². The topological polar surface area (TPSA) is 111 Å². The predicted molar refractivity (Wildman–Crippen MR) is 77.4 cm³/mol. The summed E-state index contributed by atoms with van der Waals surface area (Å²) < 4.78 is 48.2. The third-order valence-corrected chi connectivity index (χ3v) is 3.96. The summed E-state index contributed by atoms with van der Waals surface area (Å²) in [5.41, 5.74) is 0. The number of halogens is 1. The lowest BCUT2D eigenvalue weighted by Crippen LogP contribution is -2.35. The molecule has 0 unspecified atom stereocenters. The monoisotopic (exact) mass is 348 g/mol. The number of ether oxygens (including phenoxy) is 2. The number of carbonyl (C=O) groups excluding carboxylic acids is 2. The number of hydrogen-bond acceptors (Lipinski definition) is 6. The van der Waals surface area contributed by atoms with Crippen LogP contribution in [0.15, 0.2) is 29.2 Å². The predicted octanol–water partition coefficient (Wildman–Crippen LogP) is -0.590. The van der Waals surface area contributed by atoms with Crippen LogP contribution in [0.1, 0.15) is 0 Å². The Morgan fingerprint density at radius 2 is 1.96 bits per heavy atom. The molecule has 2 N–H and O–H groups in total. The molecule has 1 amide bonds. The molecule has 0 spiro atoms. The molecule has 0 aliphatic carbocycles. The van der Waals surface area contributed by atoms with Crippen LogP contribution in [0, 0.1) is 5.82 Å². The molecule has 1 rings (SSSR count). The van der Waals surface area contributed by atoms with Crippen LogP contribution in [0.3, 0.4) is 0 Å². The summed E-state index contributed by atoms with van der Waals surface area (Å²) >= 11 is 0. The number of benzene rings is 1. The molecular weight excluding hydrogens is 331 g/mol. The highest BCUT2D eigenvalue weighted by molar-refractivity contribution is 7.89. The van der Waals surface area contributed by atoms with Gasteiger partial charge in [0.15, 0.2) is 6.61 Å². The molecule has 0 saturated carbocycles. The van der Waals surface area contributed by atoms with Crippen molar-refractivity contribution in [2.24, 2.45) is 0 Å². The SMILES string of the molecule is COCCNC(=O)COC(=O)CNS(=O)(=O)c1ccccc1F. The highest BCUT2D eigenvalue weighted by atomic mass is 32.2. The minimum absolute atomic E-state index is 0.257. The van der Waals surface area contributed by atoms with Crippen molar-refractivity contribution < 1.29 is 31.9 Å². The van der Waals surface area contributed by atoms with Crippen molar-refractivity contribution in [2.45, 2.75) is 4.90 Å². The first kappa shape index (κ1) is 19.0. The molecule has 1 aromatic rings. The van der Waals surface area contributed by atoms with E-state index in [9.17, 15) is 22.4 Å². The van der Waals surface area contributed by atoms with Crippen molar-refractivity contribution in [1.82, 2.24) is 10.0 Å². The molecule has 1 aromatic carbocycles. The van der Waals surface area contributed by atoms with E-state index in [1.54, 1.807) is 0 Å². The van der Waals surface area contributed by atoms with Crippen LogP contribution < -0.4 is 10.0 Å². The lowest BCUT2D eigenvalue weighted by molar-refractivity contribution is -0.147. The Morgan fingerprint density at radius 1 is 1.26 bits per heavy atom. The molecular formula is C13H17FN2O6S. The molecule has 0 fully saturated rings. The largest absolute Gasteiger partial charge is 0.455 e. The smallest absolute Gasteiger partial charge is 0.321 e. The summed E-state index contributed by atoms with van der Waals surface area (Å²) in [5.74, 6) is -2.45. The Kier molecular flexibility index (Phi) is 7.59. The van der Waals surface area contributed by atoms with E-state index >= 15 is 0 Å². The third-order valence-electron chi connectivity index (χ3n) is 2.53. The number of nitrogens with one attached hydrogen (secondary N) is 2. The summed E-state index contributed by atoms with van der Waals surface area (Å²) in [6.45, 7) is -0.707. The van der Waals surface area contributed by atoms with Gasteiger partial charge in [-0.25, -0.2) is 12.8 Å². The summed E-state index contributed by atoms with van der Waals surface area (Å²) in [7, 11) is -2.72.